The number of aromatic nitrogens is 1. The maximum atomic E-state index is 13.5. The summed E-state index contributed by atoms with van der Waals surface area (Å²) in [6, 6.07) is 23.7. The Hall–Kier alpha value is -3.28. The standard InChI is InChI=1S/C27H22ClN3O5S2.ClH/c28-20-11-9-18(10-12-20)22-13-14-23(37-22)38(35,36)31-27(25(33)34)16-26(27,19-6-2-1-3-7-19)17-30-24(32)21-8-4-5-15-29-21;/h1-15,31H,16-17H2,(H,30,32)(H,33,34);1H. The summed E-state index contributed by atoms with van der Waals surface area (Å²) in [5.74, 6) is -1.81. The number of aliphatic carboxylic acids is 1. The van der Waals surface area contributed by atoms with Crippen molar-refractivity contribution in [1.29, 1.82) is 0 Å². The number of sulfonamides is 1. The Balaban J connectivity index is 0.00000353. The number of halogens is 2. The molecule has 4 aromatic rings. The molecule has 8 nitrogen and oxygen atoms in total. The van der Waals surface area contributed by atoms with Crippen molar-refractivity contribution in [2.45, 2.75) is 21.6 Å². The zero-order valence-corrected chi connectivity index (χ0v) is 23.4. The second-order valence-electron chi connectivity index (χ2n) is 8.96. The van der Waals surface area contributed by atoms with E-state index in [1.54, 1.807) is 78.9 Å². The van der Waals surface area contributed by atoms with Gasteiger partial charge in [0.05, 0.1) is 0 Å². The van der Waals surface area contributed by atoms with E-state index < -0.39 is 32.9 Å². The van der Waals surface area contributed by atoms with Gasteiger partial charge in [-0.3, -0.25) is 14.6 Å². The highest BCUT2D eigenvalue weighted by atomic mass is 35.5. The molecule has 1 amide bonds. The van der Waals surface area contributed by atoms with Crippen LogP contribution in [0.25, 0.3) is 10.4 Å². The summed E-state index contributed by atoms with van der Waals surface area (Å²) in [7, 11) is -4.23. The van der Waals surface area contributed by atoms with E-state index in [1.807, 2.05) is 0 Å². The van der Waals surface area contributed by atoms with Gasteiger partial charge in [-0.25, -0.2) is 8.42 Å². The molecule has 1 aliphatic rings. The number of carboxylic acids is 1. The van der Waals surface area contributed by atoms with Crippen LogP contribution < -0.4 is 10.0 Å². The molecule has 0 bridgehead atoms. The van der Waals surface area contributed by atoms with Crippen molar-refractivity contribution in [2.24, 2.45) is 0 Å². The number of rotatable bonds is 9. The lowest BCUT2D eigenvalue weighted by atomic mass is 9.90. The largest absolute Gasteiger partial charge is 0.480 e. The van der Waals surface area contributed by atoms with Crippen LogP contribution in [0.2, 0.25) is 5.02 Å². The summed E-state index contributed by atoms with van der Waals surface area (Å²) in [5.41, 5.74) is -1.52. The predicted molar refractivity (Wildman–Crippen MR) is 152 cm³/mol. The van der Waals surface area contributed by atoms with Crippen LogP contribution in [0.3, 0.4) is 0 Å². The fraction of sp³-hybridized carbons (Fsp3) is 0.148. The maximum Gasteiger partial charge on any atom is 0.325 e. The number of benzene rings is 2. The summed E-state index contributed by atoms with van der Waals surface area (Å²) in [4.78, 5) is 30.1. The van der Waals surface area contributed by atoms with Gasteiger partial charge < -0.3 is 10.4 Å². The lowest BCUT2D eigenvalue weighted by molar-refractivity contribution is -0.140. The monoisotopic (exact) mass is 603 g/mol. The van der Waals surface area contributed by atoms with Crippen LogP contribution in [0, 0.1) is 0 Å². The Labute approximate surface area is 240 Å². The number of carbonyl (C=O) groups is 2. The maximum absolute atomic E-state index is 13.5. The quantitative estimate of drug-likeness (QED) is 0.253. The molecule has 2 atom stereocenters. The van der Waals surface area contributed by atoms with Crippen LogP contribution in [-0.2, 0) is 20.2 Å². The van der Waals surface area contributed by atoms with Crippen LogP contribution in [0.4, 0.5) is 0 Å². The first-order chi connectivity index (χ1) is 18.2. The van der Waals surface area contributed by atoms with Crippen molar-refractivity contribution in [3.63, 3.8) is 0 Å². The van der Waals surface area contributed by atoms with E-state index in [9.17, 15) is 23.1 Å². The Kier molecular flexibility index (Phi) is 8.15. The van der Waals surface area contributed by atoms with Gasteiger partial charge in [-0.2, -0.15) is 4.72 Å². The molecule has 1 fully saturated rings. The Bertz CT molecular complexity index is 1600. The van der Waals surface area contributed by atoms with E-state index in [0.29, 0.717) is 15.5 Å². The van der Waals surface area contributed by atoms with E-state index in [0.717, 1.165) is 16.9 Å². The SMILES string of the molecule is Cl.O=C(NCC1(c2ccccc2)CC1(NS(=O)(=O)c1ccc(-c2ccc(Cl)cc2)s1)C(=O)O)c1ccccn1. The molecule has 0 aliphatic heterocycles. The molecule has 5 rings (SSSR count). The minimum atomic E-state index is -4.23. The Morgan fingerprint density at radius 3 is 2.31 bits per heavy atom. The molecule has 2 unspecified atom stereocenters. The smallest absolute Gasteiger partial charge is 0.325 e. The van der Waals surface area contributed by atoms with Gasteiger partial charge in [-0.1, -0.05) is 60.1 Å². The Morgan fingerprint density at radius 2 is 1.67 bits per heavy atom. The Morgan fingerprint density at radius 1 is 0.974 bits per heavy atom. The van der Waals surface area contributed by atoms with Crippen molar-refractivity contribution >= 4 is 57.2 Å². The molecule has 3 N–H and O–H groups in total. The van der Waals surface area contributed by atoms with Gasteiger partial charge in [0.25, 0.3) is 15.9 Å². The summed E-state index contributed by atoms with van der Waals surface area (Å²) >= 11 is 6.98. The van der Waals surface area contributed by atoms with E-state index >= 15 is 0 Å². The fourth-order valence-electron chi connectivity index (χ4n) is 4.62. The van der Waals surface area contributed by atoms with Gasteiger partial charge in [0.2, 0.25) is 0 Å². The third-order valence-corrected chi connectivity index (χ3v) is 10.1. The molecule has 39 heavy (non-hydrogen) atoms. The number of hydrogen-bond acceptors (Lipinski definition) is 6. The lowest BCUT2D eigenvalue weighted by Gasteiger charge is -2.24. The number of nitrogens with one attached hydrogen (secondary N) is 2. The van der Waals surface area contributed by atoms with E-state index in [4.69, 9.17) is 11.6 Å². The molecule has 0 saturated heterocycles. The van der Waals surface area contributed by atoms with Crippen molar-refractivity contribution in [1.82, 2.24) is 15.0 Å². The van der Waals surface area contributed by atoms with Gasteiger partial charge in [0, 0.05) is 28.1 Å². The fourth-order valence-corrected chi connectivity index (χ4v) is 7.48. The average Bonchev–Trinajstić information content (AvgIpc) is 3.29. The number of pyridine rings is 1. The minimum absolute atomic E-state index is 0. The zero-order chi connectivity index (χ0) is 27.0. The first-order valence-electron chi connectivity index (χ1n) is 11.5. The third kappa shape index (κ3) is 5.43. The second-order valence-corrected chi connectivity index (χ2v) is 12.4. The average molecular weight is 605 g/mol. The van der Waals surface area contributed by atoms with Crippen LogP contribution in [0.1, 0.15) is 22.5 Å². The second kappa shape index (κ2) is 11.1. The number of amides is 1. The third-order valence-electron chi connectivity index (χ3n) is 6.68. The summed E-state index contributed by atoms with van der Waals surface area (Å²) < 4.78 is 29.4. The number of hydrogen-bond donors (Lipinski definition) is 3. The van der Waals surface area contributed by atoms with E-state index in [1.165, 1.54) is 12.3 Å². The molecular formula is C27H23Cl2N3O5S2. The topological polar surface area (TPSA) is 125 Å². The highest BCUT2D eigenvalue weighted by Crippen LogP contribution is 2.58. The normalized spacial score (nSPS) is 20.0. The van der Waals surface area contributed by atoms with Gasteiger partial charge in [-0.05, 0) is 53.9 Å². The predicted octanol–water partition coefficient (Wildman–Crippen LogP) is 4.76. The van der Waals surface area contributed by atoms with Crippen LogP contribution in [0.15, 0.2) is 95.3 Å². The van der Waals surface area contributed by atoms with Crippen LogP contribution in [-0.4, -0.2) is 42.5 Å². The van der Waals surface area contributed by atoms with E-state index in [-0.39, 0.29) is 35.3 Å². The molecule has 202 valence electrons. The molecule has 0 radical (unpaired) electrons. The number of nitrogens with zero attached hydrogens (tertiary/aromatic N) is 1. The number of carboxylic acid groups (broad SMARTS) is 1. The molecular weight excluding hydrogens is 581 g/mol. The van der Waals surface area contributed by atoms with Crippen LogP contribution >= 0.6 is 35.3 Å². The number of thiophene rings is 1. The van der Waals surface area contributed by atoms with Gasteiger partial charge >= 0.3 is 5.97 Å². The van der Waals surface area contributed by atoms with Gasteiger partial charge in [0.15, 0.2) is 0 Å². The van der Waals surface area contributed by atoms with Crippen molar-refractivity contribution in [2.75, 3.05) is 6.54 Å². The first kappa shape index (κ1) is 28.7. The van der Waals surface area contributed by atoms with E-state index in [2.05, 4.69) is 15.0 Å². The summed E-state index contributed by atoms with van der Waals surface area (Å²) in [6.45, 7) is -0.109. The molecule has 2 aromatic carbocycles. The molecule has 2 aromatic heterocycles. The first-order valence-corrected chi connectivity index (χ1v) is 14.2. The van der Waals surface area contributed by atoms with Gasteiger partial charge in [0.1, 0.15) is 15.4 Å². The van der Waals surface area contributed by atoms with Crippen molar-refractivity contribution < 1.29 is 23.1 Å². The number of carbonyl (C=O) groups excluding carboxylic acids is 1. The summed E-state index contributed by atoms with van der Waals surface area (Å²) in [5, 5.41) is 13.7. The molecule has 12 heteroatoms. The van der Waals surface area contributed by atoms with Crippen molar-refractivity contribution in [3.8, 4) is 10.4 Å². The molecule has 0 spiro atoms. The van der Waals surface area contributed by atoms with Crippen molar-refractivity contribution in [3.05, 3.63) is 107 Å². The highest BCUT2D eigenvalue weighted by Gasteiger charge is 2.74. The lowest BCUT2D eigenvalue weighted by Crippen LogP contribution is -2.51. The molecule has 1 saturated carbocycles. The highest BCUT2D eigenvalue weighted by molar-refractivity contribution is 7.91. The molecule has 2 heterocycles. The zero-order valence-electron chi connectivity index (χ0n) is 20.2. The van der Waals surface area contributed by atoms with Crippen LogP contribution in [0.5, 0.6) is 0 Å². The molecule has 1 aliphatic carbocycles. The summed E-state index contributed by atoms with van der Waals surface area (Å²) in [6.07, 6.45) is 1.44. The minimum Gasteiger partial charge on any atom is -0.480 e. The van der Waals surface area contributed by atoms with Gasteiger partial charge in [-0.15, -0.1) is 23.7 Å².